The number of morpholine rings is 1. The van der Waals surface area contributed by atoms with Gasteiger partial charge in [-0.1, -0.05) is 19.4 Å². The van der Waals surface area contributed by atoms with Crippen LogP contribution in [0.15, 0.2) is 24.3 Å². The molecule has 0 bridgehead atoms. The number of hydrogen-bond donors (Lipinski definition) is 1. The van der Waals surface area contributed by atoms with Crippen LogP contribution in [0.3, 0.4) is 0 Å². The predicted molar refractivity (Wildman–Crippen MR) is 99.6 cm³/mol. The summed E-state index contributed by atoms with van der Waals surface area (Å²) < 4.78 is 19.2. The molecular weight excluding hydrogens is 347 g/mol. The van der Waals surface area contributed by atoms with Gasteiger partial charge in [0.05, 0.1) is 24.7 Å². The molecule has 1 spiro atoms. The quantitative estimate of drug-likeness (QED) is 0.860. The fourth-order valence-electron chi connectivity index (χ4n) is 4.43. The lowest BCUT2D eigenvalue weighted by Gasteiger charge is -2.54. The summed E-state index contributed by atoms with van der Waals surface area (Å²) in [7, 11) is 0. The minimum absolute atomic E-state index is 0.145. The van der Waals surface area contributed by atoms with E-state index < -0.39 is 0 Å². The number of amides is 2. The maximum absolute atomic E-state index is 13.3. The van der Waals surface area contributed by atoms with Crippen molar-refractivity contribution in [3.05, 3.63) is 30.1 Å². The minimum atomic E-state index is -0.389. The summed E-state index contributed by atoms with van der Waals surface area (Å²) in [6.45, 7) is 3.12. The van der Waals surface area contributed by atoms with Crippen LogP contribution in [0.5, 0.6) is 0 Å². The van der Waals surface area contributed by atoms with Gasteiger partial charge in [-0.05, 0) is 49.8 Å². The summed E-state index contributed by atoms with van der Waals surface area (Å²) in [6.07, 6.45) is 5.00. The number of halogens is 1. The Bertz CT molecular complexity index is 734. The van der Waals surface area contributed by atoms with Crippen molar-refractivity contribution < 1.29 is 18.7 Å². The third-order valence-electron chi connectivity index (χ3n) is 6.38. The Morgan fingerprint density at radius 3 is 2.81 bits per heavy atom. The number of carbonyl (C=O) groups excluding carboxylic acids is 2. The smallest absolute Gasteiger partial charge is 0.227 e. The summed E-state index contributed by atoms with van der Waals surface area (Å²) in [4.78, 5) is 27.4. The van der Waals surface area contributed by atoms with Crippen molar-refractivity contribution in [1.29, 1.82) is 0 Å². The molecule has 0 radical (unpaired) electrons. The lowest BCUT2D eigenvalue weighted by molar-refractivity contribution is -0.173. The molecule has 3 aliphatic rings. The molecule has 1 heterocycles. The predicted octanol–water partition coefficient (Wildman–Crippen LogP) is 3.35. The Morgan fingerprint density at radius 2 is 2.19 bits per heavy atom. The molecule has 3 fully saturated rings. The first-order valence-electron chi connectivity index (χ1n) is 9.99. The second-order valence-corrected chi connectivity index (χ2v) is 8.23. The van der Waals surface area contributed by atoms with Crippen LogP contribution in [-0.2, 0) is 14.3 Å². The van der Waals surface area contributed by atoms with Crippen molar-refractivity contribution in [2.75, 3.05) is 18.5 Å². The number of ether oxygens (including phenoxy) is 1. The van der Waals surface area contributed by atoms with E-state index in [1.165, 1.54) is 12.1 Å². The molecule has 146 valence electrons. The molecule has 5 nitrogen and oxygen atoms in total. The number of carbonyl (C=O) groups is 2. The van der Waals surface area contributed by atoms with Crippen LogP contribution >= 0.6 is 0 Å². The molecule has 27 heavy (non-hydrogen) atoms. The highest BCUT2D eigenvalue weighted by Gasteiger charge is 2.53. The molecule has 1 aromatic carbocycles. The fraction of sp³-hybridized carbons (Fsp3) is 0.619. The van der Waals surface area contributed by atoms with Gasteiger partial charge in [0.1, 0.15) is 5.82 Å². The van der Waals surface area contributed by atoms with E-state index in [9.17, 15) is 14.0 Å². The van der Waals surface area contributed by atoms with Gasteiger partial charge in [0.25, 0.3) is 0 Å². The van der Waals surface area contributed by atoms with Gasteiger partial charge < -0.3 is 15.0 Å². The summed E-state index contributed by atoms with van der Waals surface area (Å²) in [5, 5.41) is 2.71. The molecule has 1 N–H and O–H groups in total. The molecule has 2 amide bonds. The highest BCUT2D eigenvalue weighted by molar-refractivity contribution is 5.91. The van der Waals surface area contributed by atoms with Gasteiger partial charge in [0.2, 0.25) is 11.8 Å². The first-order chi connectivity index (χ1) is 13.0. The standard InChI is InChI=1S/C21H27FN2O3/c1-2-14-9-18(14)20(26)24-12-17(27-13-21(24)7-4-8-21)11-19(25)23-16-6-3-5-15(22)10-16/h3,5-6,10,14,17-18H,2,4,7-9,11-13H2,1H3,(H,23,25)/t14-,17?,18-/m1/s1. The number of benzene rings is 1. The van der Waals surface area contributed by atoms with E-state index in [2.05, 4.69) is 12.2 Å². The Kier molecular flexibility index (Phi) is 4.93. The van der Waals surface area contributed by atoms with Crippen molar-refractivity contribution in [1.82, 2.24) is 4.90 Å². The SMILES string of the molecule is CC[C@@H]1C[C@H]1C(=O)N1CC(CC(=O)Nc2cccc(F)c2)OCC12CCC2. The lowest BCUT2D eigenvalue weighted by atomic mass is 9.74. The topological polar surface area (TPSA) is 58.6 Å². The van der Waals surface area contributed by atoms with Crippen LogP contribution < -0.4 is 5.32 Å². The summed E-state index contributed by atoms with van der Waals surface area (Å²) >= 11 is 0. The Labute approximate surface area is 159 Å². The van der Waals surface area contributed by atoms with E-state index in [1.54, 1.807) is 12.1 Å². The minimum Gasteiger partial charge on any atom is -0.373 e. The molecule has 2 saturated carbocycles. The van der Waals surface area contributed by atoms with Crippen molar-refractivity contribution in [2.24, 2.45) is 11.8 Å². The van der Waals surface area contributed by atoms with Gasteiger partial charge in [0, 0.05) is 18.2 Å². The molecule has 1 aromatic rings. The summed E-state index contributed by atoms with van der Waals surface area (Å²) in [6, 6.07) is 5.84. The van der Waals surface area contributed by atoms with E-state index in [-0.39, 0.29) is 41.6 Å². The third-order valence-corrected chi connectivity index (χ3v) is 6.38. The third kappa shape index (κ3) is 3.72. The molecule has 4 rings (SSSR count). The van der Waals surface area contributed by atoms with Crippen LogP contribution in [0.1, 0.15) is 45.4 Å². The van der Waals surface area contributed by atoms with Gasteiger partial charge in [-0.25, -0.2) is 4.39 Å². The van der Waals surface area contributed by atoms with E-state index in [0.29, 0.717) is 24.8 Å². The van der Waals surface area contributed by atoms with E-state index in [1.807, 2.05) is 4.90 Å². The number of rotatable bonds is 5. The maximum Gasteiger partial charge on any atom is 0.227 e. The molecule has 0 aromatic heterocycles. The van der Waals surface area contributed by atoms with Gasteiger partial charge in [-0.15, -0.1) is 0 Å². The van der Waals surface area contributed by atoms with Crippen molar-refractivity contribution in [2.45, 2.75) is 57.1 Å². The van der Waals surface area contributed by atoms with Crippen LogP contribution in [0.2, 0.25) is 0 Å². The lowest BCUT2D eigenvalue weighted by Crippen LogP contribution is -2.65. The molecule has 3 atom stereocenters. The number of nitrogens with one attached hydrogen (secondary N) is 1. The highest BCUT2D eigenvalue weighted by Crippen LogP contribution is 2.47. The molecule has 1 unspecified atom stereocenters. The second kappa shape index (κ2) is 7.23. The van der Waals surface area contributed by atoms with Gasteiger partial charge in [-0.3, -0.25) is 9.59 Å². The van der Waals surface area contributed by atoms with Gasteiger partial charge in [-0.2, -0.15) is 0 Å². The van der Waals surface area contributed by atoms with Crippen molar-refractivity contribution in [3.8, 4) is 0 Å². The average Bonchev–Trinajstić information content (AvgIpc) is 3.39. The fourth-order valence-corrected chi connectivity index (χ4v) is 4.43. The van der Waals surface area contributed by atoms with Crippen LogP contribution in [0, 0.1) is 17.7 Å². The molecule has 2 aliphatic carbocycles. The van der Waals surface area contributed by atoms with Crippen LogP contribution in [-0.4, -0.2) is 41.5 Å². The largest absolute Gasteiger partial charge is 0.373 e. The van der Waals surface area contributed by atoms with Crippen molar-refractivity contribution >= 4 is 17.5 Å². The second-order valence-electron chi connectivity index (χ2n) is 8.23. The van der Waals surface area contributed by atoms with Crippen LogP contribution in [0.25, 0.3) is 0 Å². The highest BCUT2D eigenvalue weighted by atomic mass is 19.1. The zero-order chi connectivity index (χ0) is 19.0. The zero-order valence-corrected chi connectivity index (χ0v) is 15.7. The molecule has 6 heteroatoms. The Morgan fingerprint density at radius 1 is 1.37 bits per heavy atom. The zero-order valence-electron chi connectivity index (χ0n) is 15.7. The molecule has 1 aliphatic heterocycles. The monoisotopic (exact) mass is 374 g/mol. The van der Waals surface area contributed by atoms with Gasteiger partial charge >= 0.3 is 0 Å². The molecule has 1 saturated heterocycles. The number of anilines is 1. The van der Waals surface area contributed by atoms with E-state index >= 15 is 0 Å². The first-order valence-corrected chi connectivity index (χ1v) is 9.99. The summed E-state index contributed by atoms with van der Waals surface area (Å²) in [5.74, 6) is 0.320. The molecular formula is C21H27FN2O3. The maximum atomic E-state index is 13.3. The van der Waals surface area contributed by atoms with Crippen molar-refractivity contribution in [3.63, 3.8) is 0 Å². The van der Waals surface area contributed by atoms with E-state index in [4.69, 9.17) is 4.74 Å². The van der Waals surface area contributed by atoms with Gasteiger partial charge in [0.15, 0.2) is 0 Å². The first kappa shape index (κ1) is 18.4. The number of hydrogen-bond acceptors (Lipinski definition) is 3. The normalized spacial score (nSPS) is 28.5. The van der Waals surface area contributed by atoms with Crippen LogP contribution in [0.4, 0.5) is 10.1 Å². The Hall–Kier alpha value is -1.95. The average molecular weight is 374 g/mol. The summed E-state index contributed by atoms with van der Waals surface area (Å²) in [5.41, 5.74) is 0.288. The Balaban J connectivity index is 1.38. The van der Waals surface area contributed by atoms with E-state index in [0.717, 1.165) is 32.1 Å². The number of nitrogens with zero attached hydrogens (tertiary/aromatic N) is 1.